The minimum absolute atomic E-state index is 0.0575. The Morgan fingerprint density at radius 3 is 2.80 bits per heavy atom. The van der Waals surface area contributed by atoms with Crippen molar-refractivity contribution in [1.82, 2.24) is 15.2 Å². The minimum Gasteiger partial charge on any atom is -0.379 e. The van der Waals surface area contributed by atoms with Crippen LogP contribution in [0.1, 0.15) is 0 Å². The van der Waals surface area contributed by atoms with Crippen LogP contribution in [0.15, 0.2) is 4.79 Å². The number of aromatic amines is 1. The van der Waals surface area contributed by atoms with Crippen LogP contribution in [0.3, 0.4) is 0 Å². The number of hydrogen-bond donors (Lipinski definition) is 4. The summed E-state index contributed by atoms with van der Waals surface area (Å²) in [5.74, 6) is 5.06. The molecule has 0 atom stereocenters. The monoisotopic (exact) mass is 142 g/mol. The molecule has 0 saturated heterocycles. The third-order valence-electron chi connectivity index (χ3n) is 0.865. The first-order chi connectivity index (χ1) is 4.74. The van der Waals surface area contributed by atoms with Crippen molar-refractivity contribution < 1.29 is 0 Å². The largest absolute Gasteiger partial charge is 0.379 e. The van der Waals surface area contributed by atoms with Crippen LogP contribution in [0.2, 0.25) is 0 Å². The zero-order chi connectivity index (χ0) is 7.56. The molecule has 0 aromatic carbocycles. The van der Waals surface area contributed by atoms with Gasteiger partial charge in [0, 0.05) is 0 Å². The van der Waals surface area contributed by atoms with Gasteiger partial charge >= 0.3 is 5.69 Å². The van der Waals surface area contributed by atoms with E-state index in [0.717, 1.165) is 0 Å². The first-order valence-electron chi connectivity index (χ1n) is 2.43. The molecule has 10 heavy (non-hydrogen) atoms. The lowest BCUT2D eigenvalue weighted by Gasteiger charge is -1.97. The van der Waals surface area contributed by atoms with Gasteiger partial charge < -0.3 is 11.2 Å². The van der Waals surface area contributed by atoms with E-state index < -0.39 is 5.69 Å². The second-order valence-corrected chi connectivity index (χ2v) is 1.52. The van der Waals surface area contributed by atoms with Crippen molar-refractivity contribution in [2.24, 2.45) is 5.84 Å². The van der Waals surface area contributed by atoms with E-state index in [2.05, 4.69) is 15.5 Å². The summed E-state index contributed by atoms with van der Waals surface area (Å²) in [6.45, 7) is 0. The van der Waals surface area contributed by atoms with E-state index in [1.54, 1.807) is 0 Å². The molecule has 0 bridgehead atoms. The number of hydrazine groups is 1. The van der Waals surface area contributed by atoms with Crippen LogP contribution in [-0.2, 0) is 0 Å². The zero-order valence-corrected chi connectivity index (χ0v) is 4.96. The Labute approximate surface area is 55.4 Å². The van der Waals surface area contributed by atoms with E-state index in [9.17, 15) is 4.79 Å². The number of H-pyrrole nitrogens is 1. The Morgan fingerprint density at radius 1 is 1.60 bits per heavy atom. The van der Waals surface area contributed by atoms with E-state index in [-0.39, 0.29) is 11.6 Å². The molecule has 1 rings (SSSR count). The van der Waals surface area contributed by atoms with E-state index in [0.29, 0.717) is 0 Å². The lowest BCUT2D eigenvalue weighted by atomic mass is 10.6. The second-order valence-electron chi connectivity index (χ2n) is 1.52. The Hall–Kier alpha value is -1.63. The number of nitrogen functional groups attached to an aromatic ring is 2. The molecule has 0 unspecified atom stereocenters. The zero-order valence-electron chi connectivity index (χ0n) is 4.96. The van der Waals surface area contributed by atoms with Gasteiger partial charge in [-0.25, -0.2) is 15.7 Å². The molecule has 0 aliphatic rings. The molecule has 0 aliphatic carbocycles. The fourth-order valence-corrected chi connectivity index (χ4v) is 0.451. The number of nitrogens with zero attached hydrogens (tertiary/aromatic N) is 2. The fourth-order valence-electron chi connectivity index (χ4n) is 0.451. The van der Waals surface area contributed by atoms with E-state index >= 15 is 0 Å². The average molecular weight is 142 g/mol. The van der Waals surface area contributed by atoms with E-state index in [4.69, 9.17) is 11.6 Å². The smallest absolute Gasteiger partial charge is 0.363 e. The van der Waals surface area contributed by atoms with Gasteiger partial charge in [0.15, 0.2) is 11.6 Å². The van der Waals surface area contributed by atoms with Gasteiger partial charge in [-0.3, -0.25) is 0 Å². The van der Waals surface area contributed by atoms with Crippen LogP contribution >= 0.6 is 0 Å². The van der Waals surface area contributed by atoms with Crippen molar-refractivity contribution in [3.8, 4) is 0 Å². The molecule has 0 amide bonds. The van der Waals surface area contributed by atoms with Crippen LogP contribution < -0.4 is 22.7 Å². The molecule has 7 nitrogen and oxygen atoms in total. The quantitative estimate of drug-likeness (QED) is 0.266. The standard InChI is InChI=1S/C3H6N6O/c4-1-2(7-5)6-3(10)9-8-1/h5H2,(H2,4,8)(H2,6,7,9,10). The number of anilines is 2. The highest BCUT2D eigenvalue weighted by atomic mass is 16.1. The first-order valence-corrected chi connectivity index (χ1v) is 2.43. The number of hydrogen-bond acceptors (Lipinski definition) is 6. The molecule has 0 spiro atoms. The normalized spacial score (nSPS) is 9.30. The van der Waals surface area contributed by atoms with Crippen molar-refractivity contribution in [2.45, 2.75) is 0 Å². The number of nitrogens with one attached hydrogen (secondary N) is 2. The maximum atomic E-state index is 10.4. The van der Waals surface area contributed by atoms with Crippen molar-refractivity contribution in [3.63, 3.8) is 0 Å². The highest BCUT2D eigenvalue weighted by Crippen LogP contribution is 2.02. The lowest BCUT2D eigenvalue weighted by molar-refractivity contribution is 0.922. The SMILES string of the molecule is NNc1nc(=O)[nH]nc1N. The molecule has 1 aromatic heterocycles. The second kappa shape index (κ2) is 2.31. The van der Waals surface area contributed by atoms with Crippen molar-refractivity contribution in [1.29, 1.82) is 0 Å². The first kappa shape index (κ1) is 6.49. The van der Waals surface area contributed by atoms with Gasteiger partial charge in [0.1, 0.15) is 0 Å². The van der Waals surface area contributed by atoms with Crippen LogP contribution in [0, 0.1) is 0 Å². The van der Waals surface area contributed by atoms with Gasteiger partial charge in [0.2, 0.25) is 0 Å². The Balaban J connectivity index is 3.22. The summed E-state index contributed by atoms with van der Waals surface area (Å²) in [6.07, 6.45) is 0. The summed E-state index contributed by atoms with van der Waals surface area (Å²) in [6, 6.07) is 0. The average Bonchev–Trinajstić information content (AvgIpc) is 1.94. The van der Waals surface area contributed by atoms with E-state index in [1.165, 1.54) is 0 Å². The van der Waals surface area contributed by atoms with Crippen molar-refractivity contribution in [2.75, 3.05) is 11.2 Å². The maximum Gasteiger partial charge on any atom is 0.363 e. The molecule has 7 heteroatoms. The molecule has 0 radical (unpaired) electrons. The molecular formula is C3H6N6O. The van der Waals surface area contributed by atoms with Crippen molar-refractivity contribution in [3.05, 3.63) is 10.5 Å². The third kappa shape index (κ3) is 1.03. The van der Waals surface area contributed by atoms with Gasteiger partial charge in [0.05, 0.1) is 0 Å². The number of aromatic nitrogens is 3. The molecule has 1 aromatic rings. The van der Waals surface area contributed by atoms with Crippen LogP contribution in [0.25, 0.3) is 0 Å². The van der Waals surface area contributed by atoms with Gasteiger partial charge in [-0.15, -0.1) is 5.10 Å². The highest BCUT2D eigenvalue weighted by Gasteiger charge is 1.98. The molecule has 0 aliphatic heterocycles. The van der Waals surface area contributed by atoms with Gasteiger partial charge in [0.25, 0.3) is 0 Å². The van der Waals surface area contributed by atoms with Gasteiger partial charge in [-0.05, 0) is 0 Å². The summed E-state index contributed by atoms with van der Waals surface area (Å²) in [5, 5.41) is 5.42. The van der Waals surface area contributed by atoms with Crippen LogP contribution in [0.5, 0.6) is 0 Å². The van der Waals surface area contributed by atoms with Gasteiger partial charge in [-0.2, -0.15) is 4.98 Å². The third-order valence-corrected chi connectivity index (χ3v) is 0.865. The molecule has 0 saturated carbocycles. The summed E-state index contributed by atoms with van der Waals surface area (Å²) in [4.78, 5) is 13.8. The summed E-state index contributed by atoms with van der Waals surface area (Å²) in [5.41, 5.74) is 6.74. The molecular weight excluding hydrogens is 136 g/mol. The highest BCUT2D eigenvalue weighted by molar-refractivity contribution is 5.52. The number of nitrogens with two attached hydrogens (primary N) is 2. The molecule has 1 heterocycles. The summed E-state index contributed by atoms with van der Waals surface area (Å²) in [7, 11) is 0. The lowest BCUT2D eigenvalue weighted by Crippen LogP contribution is -2.20. The summed E-state index contributed by atoms with van der Waals surface area (Å²) >= 11 is 0. The Kier molecular flexibility index (Phi) is 1.50. The predicted octanol–water partition coefficient (Wildman–Crippen LogP) is -1.97. The predicted molar refractivity (Wildman–Crippen MR) is 34.9 cm³/mol. The van der Waals surface area contributed by atoms with Crippen LogP contribution in [-0.4, -0.2) is 15.2 Å². The molecule has 54 valence electrons. The molecule has 6 N–H and O–H groups in total. The minimum atomic E-state index is -0.595. The topological polar surface area (TPSA) is 123 Å². The maximum absolute atomic E-state index is 10.4. The van der Waals surface area contributed by atoms with Crippen LogP contribution in [0.4, 0.5) is 11.6 Å². The Bertz CT molecular complexity index is 279. The molecule has 0 fully saturated rings. The fraction of sp³-hybridized carbons (Fsp3) is 0. The van der Waals surface area contributed by atoms with Gasteiger partial charge in [-0.1, -0.05) is 0 Å². The Morgan fingerprint density at radius 2 is 2.30 bits per heavy atom. The van der Waals surface area contributed by atoms with E-state index in [1.807, 2.05) is 5.10 Å². The number of rotatable bonds is 1. The van der Waals surface area contributed by atoms with Crippen molar-refractivity contribution >= 4 is 11.6 Å². The summed E-state index contributed by atoms with van der Waals surface area (Å²) < 4.78 is 0.